The molecule has 0 bridgehead atoms. The van der Waals surface area contributed by atoms with E-state index in [1.54, 1.807) is 12.1 Å². The van der Waals surface area contributed by atoms with Crippen molar-refractivity contribution in [1.29, 1.82) is 0 Å². The molecule has 3 heteroatoms. The van der Waals surface area contributed by atoms with E-state index >= 15 is 0 Å². The second-order valence-corrected chi connectivity index (χ2v) is 3.05. The molecular weight excluding hydrogens is 202 g/mol. The highest BCUT2D eigenvalue weighted by Gasteiger charge is 2.05. The van der Waals surface area contributed by atoms with E-state index in [1.165, 1.54) is 0 Å². The van der Waals surface area contributed by atoms with Gasteiger partial charge in [0, 0.05) is 0 Å². The predicted molar refractivity (Wildman–Crippen MR) is 49.4 cm³/mol. The second kappa shape index (κ2) is 3.36. The Bertz CT molecular complexity index is 323. The average molecular weight is 205 g/mol. The molecule has 0 N–H and O–H groups in total. The van der Waals surface area contributed by atoms with Crippen LogP contribution in [0.4, 0.5) is 0 Å². The van der Waals surface area contributed by atoms with Crippen molar-refractivity contribution in [1.82, 2.24) is 0 Å². The fourth-order valence-corrected chi connectivity index (χ4v) is 1.30. The highest BCUT2D eigenvalue weighted by atomic mass is 35.5. The van der Waals surface area contributed by atoms with Crippen molar-refractivity contribution < 1.29 is 0 Å². The van der Waals surface area contributed by atoms with Gasteiger partial charge in [-0.25, -0.2) is 0 Å². The fraction of sp³-hybridized carbons (Fsp3) is 0. The van der Waals surface area contributed by atoms with Crippen LogP contribution >= 0.6 is 34.8 Å². The standard InChI is InChI=1S/C8H3Cl3/c1-2-5-6(9)3-4-7(10)8(5)11/h1,3-4H. The van der Waals surface area contributed by atoms with Gasteiger partial charge in [-0.05, 0) is 12.1 Å². The summed E-state index contributed by atoms with van der Waals surface area (Å²) >= 11 is 17.1. The maximum Gasteiger partial charge on any atom is 0.0763 e. The second-order valence-electron chi connectivity index (χ2n) is 1.86. The summed E-state index contributed by atoms with van der Waals surface area (Å²) in [6.45, 7) is 0. The molecular formula is C8H3Cl3. The molecule has 0 nitrogen and oxygen atoms in total. The van der Waals surface area contributed by atoms with Gasteiger partial charge in [-0.3, -0.25) is 0 Å². The SMILES string of the molecule is C#Cc1c(Cl)ccc(Cl)c1Cl. The van der Waals surface area contributed by atoms with Crippen LogP contribution in [0.25, 0.3) is 0 Å². The van der Waals surface area contributed by atoms with E-state index < -0.39 is 0 Å². The Balaban J connectivity index is 3.44. The molecule has 1 aromatic carbocycles. The van der Waals surface area contributed by atoms with Crippen LogP contribution in [0.3, 0.4) is 0 Å². The molecule has 0 saturated heterocycles. The summed E-state index contributed by atoms with van der Waals surface area (Å²) in [7, 11) is 0. The minimum atomic E-state index is 0.335. The van der Waals surface area contributed by atoms with Gasteiger partial charge >= 0.3 is 0 Å². The molecule has 0 amide bonds. The van der Waals surface area contributed by atoms with Crippen LogP contribution in [-0.2, 0) is 0 Å². The van der Waals surface area contributed by atoms with Gasteiger partial charge in [0.25, 0.3) is 0 Å². The monoisotopic (exact) mass is 204 g/mol. The van der Waals surface area contributed by atoms with Gasteiger partial charge in [0.1, 0.15) is 0 Å². The molecule has 0 aliphatic rings. The smallest absolute Gasteiger partial charge is 0.0763 e. The summed E-state index contributed by atoms with van der Waals surface area (Å²) < 4.78 is 0. The third-order valence-corrected chi connectivity index (χ3v) is 2.31. The van der Waals surface area contributed by atoms with Crippen LogP contribution in [0, 0.1) is 12.3 Å². The molecule has 0 radical (unpaired) electrons. The predicted octanol–water partition coefficient (Wildman–Crippen LogP) is 3.63. The molecule has 0 aliphatic heterocycles. The van der Waals surface area contributed by atoms with Gasteiger partial charge in [-0.15, -0.1) is 6.42 Å². The van der Waals surface area contributed by atoms with E-state index in [0.29, 0.717) is 20.6 Å². The molecule has 0 atom stereocenters. The van der Waals surface area contributed by atoms with Crippen LogP contribution in [0.15, 0.2) is 12.1 Å². The van der Waals surface area contributed by atoms with Crippen molar-refractivity contribution in [3.63, 3.8) is 0 Å². The van der Waals surface area contributed by atoms with Gasteiger partial charge in [-0.1, -0.05) is 40.7 Å². The third kappa shape index (κ3) is 1.62. The summed E-state index contributed by atoms with van der Waals surface area (Å²) in [6.07, 6.45) is 5.14. The van der Waals surface area contributed by atoms with E-state index in [9.17, 15) is 0 Å². The van der Waals surface area contributed by atoms with Crippen molar-refractivity contribution in [3.05, 3.63) is 32.8 Å². The minimum Gasteiger partial charge on any atom is -0.115 e. The number of halogens is 3. The molecule has 0 saturated carbocycles. The van der Waals surface area contributed by atoms with E-state index in [4.69, 9.17) is 41.2 Å². The maximum absolute atomic E-state index is 5.74. The van der Waals surface area contributed by atoms with Crippen molar-refractivity contribution in [2.45, 2.75) is 0 Å². The summed E-state index contributed by atoms with van der Waals surface area (Å²) in [5.41, 5.74) is 0.445. The molecule has 0 aromatic heterocycles. The van der Waals surface area contributed by atoms with Gasteiger partial charge in [0.2, 0.25) is 0 Å². The quantitative estimate of drug-likeness (QED) is 0.448. The Morgan fingerprint density at radius 3 is 2.09 bits per heavy atom. The lowest BCUT2D eigenvalue weighted by Crippen LogP contribution is -1.79. The summed E-state index contributed by atoms with van der Waals surface area (Å²) in [5, 5.41) is 1.20. The highest BCUT2D eigenvalue weighted by Crippen LogP contribution is 2.30. The first-order valence-corrected chi connectivity index (χ1v) is 3.90. The van der Waals surface area contributed by atoms with Crippen LogP contribution in [0.5, 0.6) is 0 Å². The van der Waals surface area contributed by atoms with E-state index in [2.05, 4.69) is 5.92 Å². The number of rotatable bonds is 0. The summed E-state index contributed by atoms with van der Waals surface area (Å²) in [5.74, 6) is 2.36. The van der Waals surface area contributed by atoms with Crippen molar-refractivity contribution >= 4 is 34.8 Å². The van der Waals surface area contributed by atoms with Crippen LogP contribution in [0.2, 0.25) is 15.1 Å². The largest absolute Gasteiger partial charge is 0.115 e. The zero-order chi connectivity index (χ0) is 8.43. The number of hydrogen-bond donors (Lipinski definition) is 0. The third-order valence-electron chi connectivity index (χ3n) is 1.19. The van der Waals surface area contributed by atoms with Crippen LogP contribution < -0.4 is 0 Å². The van der Waals surface area contributed by atoms with Crippen LogP contribution in [-0.4, -0.2) is 0 Å². The van der Waals surface area contributed by atoms with E-state index in [0.717, 1.165) is 0 Å². The lowest BCUT2D eigenvalue weighted by atomic mass is 10.2. The Labute approximate surface area is 80.1 Å². The fourth-order valence-electron chi connectivity index (χ4n) is 0.659. The Hall–Kier alpha value is -0.350. The highest BCUT2D eigenvalue weighted by molar-refractivity contribution is 6.44. The van der Waals surface area contributed by atoms with Gasteiger partial charge < -0.3 is 0 Å². The average Bonchev–Trinajstić information content (AvgIpc) is 1.99. The number of terminal acetylenes is 1. The first kappa shape index (κ1) is 8.74. The molecule has 0 fully saturated rings. The molecule has 56 valence electrons. The Kier molecular flexibility index (Phi) is 2.67. The minimum absolute atomic E-state index is 0.335. The Morgan fingerprint density at radius 2 is 1.64 bits per heavy atom. The zero-order valence-electron chi connectivity index (χ0n) is 5.37. The molecule has 0 spiro atoms. The maximum atomic E-state index is 5.74. The normalized spacial score (nSPS) is 9.27. The van der Waals surface area contributed by atoms with Gasteiger partial charge in [0.15, 0.2) is 0 Å². The molecule has 0 aliphatic carbocycles. The van der Waals surface area contributed by atoms with Crippen molar-refractivity contribution in [2.24, 2.45) is 0 Å². The van der Waals surface area contributed by atoms with E-state index in [-0.39, 0.29) is 0 Å². The lowest BCUT2D eigenvalue weighted by molar-refractivity contribution is 1.64. The molecule has 1 aromatic rings. The summed E-state index contributed by atoms with van der Waals surface area (Å²) in [6, 6.07) is 3.22. The molecule has 1 rings (SSSR count). The van der Waals surface area contributed by atoms with Crippen molar-refractivity contribution in [2.75, 3.05) is 0 Å². The van der Waals surface area contributed by atoms with E-state index in [1.807, 2.05) is 0 Å². The lowest BCUT2D eigenvalue weighted by Gasteiger charge is -2.00. The topological polar surface area (TPSA) is 0 Å². The van der Waals surface area contributed by atoms with Crippen LogP contribution in [0.1, 0.15) is 5.56 Å². The molecule has 11 heavy (non-hydrogen) atoms. The first-order chi connectivity index (χ1) is 5.16. The van der Waals surface area contributed by atoms with Crippen molar-refractivity contribution in [3.8, 4) is 12.3 Å². The number of benzene rings is 1. The molecule has 0 unspecified atom stereocenters. The zero-order valence-corrected chi connectivity index (χ0v) is 7.63. The molecule has 0 heterocycles. The number of hydrogen-bond acceptors (Lipinski definition) is 0. The first-order valence-electron chi connectivity index (χ1n) is 2.77. The Morgan fingerprint density at radius 1 is 1.09 bits per heavy atom. The van der Waals surface area contributed by atoms with Gasteiger partial charge in [-0.2, -0.15) is 0 Å². The summed E-state index contributed by atoms with van der Waals surface area (Å²) in [4.78, 5) is 0. The van der Waals surface area contributed by atoms with Gasteiger partial charge in [0.05, 0.1) is 20.6 Å².